The maximum atomic E-state index is 12.3. The maximum absolute atomic E-state index is 12.3. The molecular formula is C16H19N3O2S. The first-order chi connectivity index (χ1) is 10.6. The Labute approximate surface area is 135 Å². The monoisotopic (exact) mass is 317 g/mol. The zero-order chi connectivity index (χ0) is 15.7. The summed E-state index contributed by atoms with van der Waals surface area (Å²) in [6.07, 6.45) is 4.66. The molecule has 0 radical (unpaired) electrons. The van der Waals surface area contributed by atoms with Gasteiger partial charge in [0.1, 0.15) is 0 Å². The molecule has 0 aromatic heterocycles. The predicted molar refractivity (Wildman–Crippen MR) is 87.2 cm³/mol. The summed E-state index contributed by atoms with van der Waals surface area (Å²) in [5, 5.41) is 4.56. The Balaban J connectivity index is 1.65. The number of nitrogens with zero attached hydrogens (tertiary/aromatic N) is 1. The van der Waals surface area contributed by atoms with Crippen molar-refractivity contribution in [3.05, 3.63) is 35.4 Å². The molecule has 0 bridgehead atoms. The Bertz CT molecular complexity index is 597. The lowest BCUT2D eigenvalue weighted by atomic mass is 9.86. The van der Waals surface area contributed by atoms with Crippen molar-refractivity contribution >= 4 is 29.1 Å². The van der Waals surface area contributed by atoms with Crippen LogP contribution in [0, 0.1) is 5.92 Å². The molecule has 0 spiro atoms. The van der Waals surface area contributed by atoms with E-state index in [4.69, 9.17) is 12.2 Å². The number of carbonyl (C=O) groups excluding carboxylic acids is 2. The first kappa shape index (κ1) is 15.0. The molecule has 3 rings (SSSR count). The van der Waals surface area contributed by atoms with Crippen LogP contribution in [-0.4, -0.2) is 28.0 Å². The second-order valence-corrected chi connectivity index (χ2v) is 6.35. The predicted octanol–water partition coefficient (Wildman–Crippen LogP) is 2.24. The number of nitrogens with one attached hydrogen (secondary N) is 2. The van der Waals surface area contributed by atoms with Crippen molar-refractivity contribution in [2.45, 2.75) is 38.6 Å². The second kappa shape index (κ2) is 6.04. The van der Waals surface area contributed by atoms with Crippen molar-refractivity contribution in [1.82, 2.24) is 15.8 Å². The van der Waals surface area contributed by atoms with Crippen LogP contribution in [0.25, 0.3) is 0 Å². The first-order valence-electron chi connectivity index (χ1n) is 7.63. The zero-order valence-electron chi connectivity index (χ0n) is 12.5. The Morgan fingerprint density at radius 1 is 1.14 bits per heavy atom. The largest absolute Gasteiger partial charge is 0.358 e. The number of benzene rings is 1. The molecule has 0 saturated heterocycles. The lowest BCUT2D eigenvalue weighted by Crippen LogP contribution is -2.53. The summed E-state index contributed by atoms with van der Waals surface area (Å²) in [7, 11) is 0. The molecule has 1 saturated carbocycles. The molecule has 2 aliphatic rings. The minimum Gasteiger partial charge on any atom is -0.358 e. The number of carbonyl (C=O) groups is 2. The molecule has 1 aliphatic carbocycles. The fourth-order valence-electron chi connectivity index (χ4n) is 3.12. The van der Waals surface area contributed by atoms with E-state index >= 15 is 0 Å². The molecule has 2 amide bonds. The summed E-state index contributed by atoms with van der Waals surface area (Å²) in [6.45, 7) is 2.20. The fourth-order valence-corrected chi connectivity index (χ4v) is 3.37. The molecule has 116 valence electrons. The van der Waals surface area contributed by atoms with Gasteiger partial charge in [0.2, 0.25) is 0 Å². The van der Waals surface area contributed by atoms with Crippen LogP contribution >= 0.6 is 12.2 Å². The summed E-state index contributed by atoms with van der Waals surface area (Å²) < 4.78 is 0. The maximum Gasteiger partial charge on any atom is 0.280 e. The van der Waals surface area contributed by atoms with Crippen LogP contribution in [0.5, 0.6) is 0 Å². The molecule has 1 aliphatic heterocycles. The van der Waals surface area contributed by atoms with Gasteiger partial charge in [-0.05, 0) is 43.1 Å². The fraction of sp³-hybridized carbons (Fsp3) is 0.438. The van der Waals surface area contributed by atoms with E-state index in [1.165, 1.54) is 19.3 Å². The van der Waals surface area contributed by atoms with E-state index in [9.17, 15) is 9.59 Å². The highest BCUT2D eigenvalue weighted by atomic mass is 32.1. The van der Waals surface area contributed by atoms with E-state index in [0.717, 1.165) is 11.4 Å². The van der Waals surface area contributed by atoms with Crippen LogP contribution in [0.2, 0.25) is 0 Å². The average Bonchev–Trinajstić information content (AvgIpc) is 2.75. The Kier molecular flexibility index (Phi) is 4.11. The van der Waals surface area contributed by atoms with Gasteiger partial charge in [0.05, 0.1) is 11.1 Å². The topological polar surface area (TPSA) is 61.4 Å². The number of fused-ring (bicyclic) bond motifs is 1. The van der Waals surface area contributed by atoms with Crippen molar-refractivity contribution in [3.63, 3.8) is 0 Å². The van der Waals surface area contributed by atoms with Crippen LogP contribution in [0.15, 0.2) is 24.3 Å². The van der Waals surface area contributed by atoms with Crippen molar-refractivity contribution in [3.8, 4) is 0 Å². The third-order valence-electron chi connectivity index (χ3n) is 4.44. The minimum atomic E-state index is -0.360. The Hall–Kier alpha value is -1.95. The van der Waals surface area contributed by atoms with Crippen molar-refractivity contribution in [2.24, 2.45) is 5.92 Å². The van der Waals surface area contributed by atoms with Gasteiger partial charge in [-0.1, -0.05) is 31.9 Å². The smallest absolute Gasteiger partial charge is 0.280 e. The highest BCUT2D eigenvalue weighted by Gasteiger charge is 2.36. The second-order valence-electron chi connectivity index (χ2n) is 5.94. The third kappa shape index (κ3) is 2.70. The van der Waals surface area contributed by atoms with E-state index in [1.54, 1.807) is 24.3 Å². The molecular weight excluding hydrogens is 298 g/mol. The lowest BCUT2D eigenvalue weighted by molar-refractivity contribution is 0.0610. The number of hydrogen-bond donors (Lipinski definition) is 2. The van der Waals surface area contributed by atoms with Gasteiger partial charge in [0.25, 0.3) is 11.8 Å². The lowest BCUT2D eigenvalue weighted by Gasteiger charge is -2.31. The standard InChI is InChI=1S/C16H19N3O2S/c1-10-6-2-5-9-13(10)17-16(22)18-19-14(20)11-7-3-4-8-12(11)15(19)21/h3-4,7-8,10,13H,2,5-6,9H2,1H3,(H2,17,18,22)/t10-,13-/m1/s1. The molecule has 2 atom stereocenters. The van der Waals surface area contributed by atoms with Gasteiger partial charge in [-0.25, -0.2) is 0 Å². The Morgan fingerprint density at radius 2 is 1.73 bits per heavy atom. The number of imide groups is 1. The van der Waals surface area contributed by atoms with Crippen LogP contribution in [0.4, 0.5) is 0 Å². The molecule has 1 aromatic carbocycles. The highest BCUT2D eigenvalue weighted by Crippen LogP contribution is 2.24. The molecule has 0 unspecified atom stereocenters. The van der Waals surface area contributed by atoms with Crippen molar-refractivity contribution in [2.75, 3.05) is 0 Å². The molecule has 2 N–H and O–H groups in total. The third-order valence-corrected chi connectivity index (χ3v) is 4.64. The van der Waals surface area contributed by atoms with E-state index < -0.39 is 0 Å². The van der Waals surface area contributed by atoms with Gasteiger partial charge >= 0.3 is 0 Å². The van der Waals surface area contributed by atoms with Crippen LogP contribution in [0.3, 0.4) is 0 Å². The van der Waals surface area contributed by atoms with E-state index in [1.807, 2.05) is 0 Å². The quantitative estimate of drug-likeness (QED) is 0.647. The van der Waals surface area contributed by atoms with E-state index in [0.29, 0.717) is 28.2 Å². The Morgan fingerprint density at radius 3 is 2.32 bits per heavy atom. The van der Waals surface area contributed by atoms with Gasteiger partial charge in [0, 0.05) is 6.04 Å². The number of hydrogen-bond acceptors (Lipinski definition) is 3. The van der Waals surface area contributed by atoms with Gasteiger partial charge in [-0.2, -0.15) is 5.01 Å². The first-order valence-corrected chi connectivity index (χ1v) is 8.03. The van der Waals surface area contributed by atoms with E-state index in [2.05, 4.69) is 17.7 Å². The zero-order valence-corrected chi connectivity index (χ0v) is 13.3. The molecule has 1 heterocycles. The SMILES string of the molecule is C[C@@H]1CCCC[C@H]1NC(=S)NN1C(=O)c2ccccc2C1=O. The van der Waals surface area contributed by atoms with Crippen LogP contribution < -0.4 is 10.7 Å². The number of hydrazine groups is 1. The van der Waals surface area contributed by atoms with Gasteiger partial charge in [-0.3, -0.25) is 15.0 Å². The van der Waals surface area contributed by atoms with Crippen molar-refractivity contribution < 1.29 is 9.59 Å². The summed E-state index contributed by atoms with van der Waals surface area (Å²) in [5.74, 6) is -0.182. The summed E-state index contributed by atoms with van der Waals surface area (Å²) in [5.41, 5.74) is 3.57. The number of amides is 2. The molecule has 1 aromatic rings. The number of thiocarbonyl (C=S) groups is 1. The summed E-state index contributed by atoms with van der Waals surface area (Å²) in [6, 6.07) is 7.08. The molecule has 6 heteroatoms. The summed E-state index contributed by atoms with van der Waals surface area (Å²) in [4.78, 5) is 24.5. The average molecular weight is 317 g/mol. The molecule has 1 fully saturated rings. The summed E-state index contributed by atoms with van der Waals surface area (Å²) >= 11 is 5.27. The number of rotatable bonds is 2. The normalized spacial score (nSPS) is 24.1. The van der Waals surface area contributed by atoms with Gasteiger partial charge in [0.15, 0.2) is 5.11 Å². The van der Waals surface area contributed by atoms with Crippen molar-refractivity contribution in [1.29, 1.82) is 0 Å². The van der Waals surface area contributed by atoms with E-state index in [-0.39, 0.29) is 11.8 Å². The molecule has 5 nitrogen and oxygen atoms in total. The van der Waals surface area contributed by atoms with Crippen LogP contribution in [0.1, 0.15) is 53.3 Å². The van der Waals surface area contributed by atoms with Gasteiger partial charge < -0.3 is 5.32 Å². The van der Waals surface area contributed by atoms with Crippen LogP contribution in [-0.2, 0) is 0 Å². The highest BCUT2D eigenvalue weighted by molar-refractivity contribution is 7.80. The minimum absolute atomic E-state index is 0.295. The molecule has 22 heavy (non-hydrogen) atoms. The van der Waals surface area contributed by atoms with Gasteiger partial charge in [-0.15, -0.1) is 0 Å².